The van der Waals surface area contributed by atoms with Crippen LogP contribution in [0, 0.1) is 17.6 Å². The van der Waals surface area contributed by atoms with Crippen LogP contribution in [0.2, 0.25) is 0 Å². The maximum Gasteiger partial charge on any atom is 0.534 e. The third-order valence-electron chi connectivity index (χ3n) is 6.04. The summed E-state index contributed by atoms with van der Waals surface area (Å²) in [5, 5.41) is 10.5. The summed E-state index contributed by atoms with van der Waals surface area (Å²) in [5.41, 5.74) is -4.29. The molecule has 0 bridgehead atoms. The van der Waals surface area contributed by atoms with Crippen molar-refractivity contribution in [3.8, 4) is 5.75 Å². The zero-order valence-electron chi connectivity index (χ0n) is 18.9. The van der Waals surface area contributed by atoms with Crippen LogP contribution in [0.25, 0.3) is 0 Å². The number of benzene rings is 3. The van der Waals surface area contributed by atoms with Crippen molar-refractivity contribution in [2.75, 3.05) is 4.90 Å². The van der Waals surface area contributed by atoms with E-state index in [0.29, 0.717) is 16.8 Å². The van der Waals surface area contributed by atoms with Gasteiger partial charge in [0.1, 0.15) is 17.4 Å². The quantitative estimate of drug-likeness (QED) is 0.178. The maximum atomic E-state index is 13.4. The van der Waals surface area contributed by atoms with E-state index in [-0.39, 0.29) is 18.7 Å². The molecule has 3 aromatic rings. The predicted octanol–water partition coefficient (Wildman–Crippen LogP) is 5.41. The van der Waals surface area contributed by atoms with E-state index in [9.17, 15) is 40.3 Å². The van der Waals surface area contributed by atoms with Gasteiger partial charge < -0.3 is 14.2 Å². The highest BCUT2D eigenvalue weighted by Gasteiger charge is 2.50. The minimum atomic E-state index is -5.85. The van der Waals surface area contributed by atoms with Gasteiger partial charge in [0.15, 0.2) is 0 Å². The summed E-state index contributed by atoms with van der Waals surface area (Å²) in [6.07, 6.45) is -0.612. The van der Waals surface area contributed by atoms with E-state index in [2.05, 4.69) is 4.18 Å². The summed E-state index contributed by atoms with van der Waals surface area (Å²) in [7, 11) is -5.85. The molecule has 0 saturated carbocycles. The molecule has 12 heteroatoms. The van der Waals surface area contributed by atoms with E-state index in [0.717, 1.165) is 12.1 Å². The first-order valence-electron chi connectivity index (χ1n) is 11.0. The number of hydrogen-bond acceptors (Lipinski definition) is 5. The molecule has 1 fully saturated rings. The number of anilines is 1. The summed E-state index contributed by atoms with van der Waals surface area (Å²) in [6, 6.07) is 14.5. The smallest absolute Gasteiger partial charge is 0.388 e. The van der Waals surface area contributed by atoms with Gasteiger partial charge in [-0.05, 0) is 72.5 Å². The fraction of sp³-hybridized carbons (Fsp3) is 0.240. The second-order valence-corrected chi connectivity index (χ2v) is 9.97. The van der Waals surface area contributed by atoms with Crippen molar-refractivity contribution in [1.29, 1.82) is 0 Å². The van der Waals surface area contributed by atoms with Crippen molar-refractivity contribution in [3.63, 3.8) is 0 Å². The fourth-order valence-electron chi connectivity index (χ4n) is 4.18. The molecule has 0 spiro atoms. The van der Waals surface area contributed by atoms with Gasteiger partial charge in [-0.1, -0.05) is 24.3 Å². The van der Waals surface area contributed by atoms with Crippen molar-refractivity contribution in [1.82, 2.24) is 0 Å². The lowest BCUT2D eigenvalue weighted by Crippen LogP contribution is -2.55. The summed E-state index contributed by atoms with van der Waals surface area (Å²) < 4.78 is 91.1. The minimum absolute atomic E-state index is 0.154. The van der Waals surface area contributed by atoms with Gasteiger partial charge in [0, 0.05) is 5.69 Å². The number of amides is 1. The standard InChI is InChI=1S/C25H20F5NO5S/c26-17-5-1-15(2-6-17)22(32)14-13-21-23(31(24(21)33)19-9-7-18(27)8-10-19)16-3-11-20(12-4-16)36-37(34,35)25(28,29)30/h1-12,21-23,32H,13-14H2/t21?,22-,23?/m0/s1. The average Bonchev–Trinajstić information content (AvgIpc) is 2.84. The minimum Gasteiger partial charge on any atom is -0.388 e. The number of rotatable bonds is 8. The van der Waals surface area contributed by atoms with Gasteiger partial charge in [0.25, 0.3) is 0 Å². The Hall–Kier alpha value is -3.51. The molecule has 196 valence electrons. The lowest BCUT2D eigenvalue weighted by Gasteiger charge is -2.48. The molecule has 0 aromatic heterocycles. The summed E-state index contributed by atoms with van der Waals surface area (Å²) >= 11 is 0. The monoisotopic (exact) mass is 541 g/mol. The molecule has 1 saturated heterocycles. The predicted molar refractivity (Wildman–Crippen MR) is 123 cm³/mol. The number of halogens is 5. The van der Waals surface area contributed by atoms with E-state index in [1.54, 1.807) is 0 Å². The van der Waals surface area contributed by atoms with Crippen LogP contribution >= 0.6 is 0 Å². The Morgan fingerprint density at radius 2 is 1.43 bits per heavy atom. The van der Waals surface area contributed by atoms with Gasteiger partial charge in [0.05, 0.1) is 18.1 Å². The Kier molecular flexibility index (Phi) is 7.24. The summed E-state index contributed by atoms with van der Waals surface area (Å²) in [6.45, 7) is 0. The second kappa shape index (κ2) is 10.1. The Labute approximate surface area is 209 Å². The van der Waals surface area contributed by atoms with E-state index in [1.165, 1.54) is 65.6 Å². The highest BCUT2D eigenvalue weighted by molar-refractivity contribution is 7.88. The van der Waals surface area contributed by atoms with Crippen LogP contribution in [0.15, 0.2) is 72.8 Å². The van der Waals surface area contributed by atoms with E-state index >= 15 is 0 Å². The number of alkyl halides is 3. The molecule has 3 atom stereocenters. The topological polar surface area (TPSA) is 83.9 Å². The van der Waals surface area contributed by atoms with Crippen LogP contribution in [0.3, 0.4) is 0 Å². The van der Waals surface area contributed by atoms with Gasteiger partial charge in [0.2, 0.25) is 5.91 Å². The van der Waals surface area contributed by atoms with Gasteiger partial charge in [-0.15, -0.1) is 0 Å². The van der Waals surface area contributed by atoms with E-state index < -0.39 is 51.1 Å². The molecule has 3 aromatic carbocycles. The molecule has 1 aliphatic rings. The Bertz CT molecular complexity index is 1360. The number of nitrogens with zero attached hydrogens (tertiary/aromatic N) is 1. The molecule has 4 rings (SSSR count). The molecule has 1 amide bonds. The third-order valence-corrected chi connectivity index (χ3v) is 7.01. The first kappa shape index (κ1) is 26.6. The average molecular weight is 541 g/mol. The van der Waals surface area contributed by atoms with Gasteiger partial charge in [-0.25, -0.2) is 8.78 Å². The molecule has 1 heterocycles. The molecule has 1 aliphatic heterocycles. The molecule has 0 radical (unpaired) electrons. The van der Waals surface area contributed by atoms with Crippen molar-refractivity contribution < 1.29 is 44.5 Å². The van der Waals surface area contributed by atoms with Crippen LogP contribution in [0.1, 0.15) is 36.1 Å². The normalized spacial score (nSPS) is 18.9. The molecular formula is C25H20F5NO5S. The Morgan fingerprint density at radius 1 is 0.892 bits per heavy atom. The van der Waals surface area contributed by atoms with Crippen molar-refractivity contribution >= 4 is 21.7 Å². The van der Waals surface area contributed by atoms with E-state index in [1.807, 2.05) is 0 Å². The van der Waals surface area contributed by atoms with Crippen LogP contribution in [-0.2, 0) is 14.9 Å². The maximum absolute atomic E-state index is 13.4. The molecule has 6 nitrogen and oxygen atoms in total. The highest BCUT2D eigenvalue weighted by atomic mass is 32.2. The molecule has 37 heavy (non-hydrogen) atoms. The second-order valence-electron chi connectivity index (χ2n) is 8.43. The molecule has 1 N–H and O–H groups in total. The number of carbonyl (C=O) groups excluding carboxylic acids is 1. The summed E-state index contributed by atoms with van der Waals surface area (Å²) in [4.78, 5) is 14.4. The van der Waals surface area contributed by atoms with Crippen LogP contribution in [-0.4, -0.2) is 24.9 Å². The van der Waals surface area contributed by atoms with Crippen LogP contribution < -0.4 is 9.08 Å². The lowest BCUT2D eigenvalue weighted by atomic mass is 9.78. The number of hydrogen-bond donors (Lipinski definition) is 1. The zero-order valence-corrected chi connectivity index (χ0v) is 19.7. The number of carbonyl (C=O) groups is 1. The number of aliphatic hydroxyl groups excluding tert-OH is 1. The van der Waals surface area contributed by atoms with Crippen molar-refractivity contribution in [2.24, 2.45) is 5.92 Å². The fourth-order valence-corrected chi connectivity index (χ4v) is 4.64. The van der Waals surface area contributed by atoms with Crippen molar-refractivity contribution in [2.45, 2.75) is 30.5 Å². The van der Waals surface area contributed by atoms with Gasteiger partial charge in [-0.2, -0.15) is 21.6 Å². The van der Waals surface area contributed by atoms with Crippen LogP contribution in [0.4, 0.5) is 27.6 Å². The molecule has 2 unspecified atom stereocenters. The highest BCUT2D eigenvalue weighted by Crippen LogP contribution is 2.46. The first-order valence-corrected chi connectivity index (χ1v) is 12.4. The number of aliphatic hydroxyl groups is 1. The lowest BCUT2D eigenvalue weighted by molar-refractivity contribution is -0.131. The van der Waals surface area contributed by atoms with Crippen LogP contribution in [0.5, 0.6) is 5.75 Å². The van der Waals surface area contributed by atoms with Gasteiger partial charge in [-0.3, -0.25) is 4.79 Å². The van der Waals surface area contributed by atoms with Crippen molar-refractivity contribution in [3.05, 3.63) is 95.6 Å². The van der Waals surface area contributed by atoms with Gasteiger partial charge >= 0.3 is 15.6 Å². The summed E-state index contributed by atoms with van der Waals surface area (Å²) in [5.74, 6) is -2.51. The first-order chi connectivity index (χ1) is 17.4. The Balaban J connectivity index is 1.57. The SMILES string of the molecule is O=C1C(CC[C@H](O)c2ccc(F)cc2)C(c2ccc(OS(=O)(=O)C(F)(F)F)cc2)N1c1ccc(F)cc1. The third kappa shape index (κ3) is 5.59. The molecular weight excluding hydrogens is 521 g/mol. The molecule has 0 aliphatic carbocycles. The Morgan fingerprint density at radius 3 is 1.97 bits per heavy atom. The van der Waals surface area contributed by atoms with E-state index in [4.69, 9.17) is 0 Å². The zero-order chi connectivity index (χ0) is 27.0. The largest absolute Gasteiger partial charge is 0.534 e. The number of β-lactam (4-membered cyclic amide) rings is 1.